The molecule has 30 heavy (non-hydrogen) atoms. The van der Waals surface area contributed by atoms with Crippen molar-refractivity contribution in [2.75, 3.05) is 13.1 Å². The first-order valence-corrected chi connectivity index (χ1v) is 9.77. The number of nitrogens with one attached hydrogen (secondary N) is 1. The van der Waals surface area contributed by atoms with Crippen LogP contribution >= 0.6 is 0 Å². The minimum Gasteiger partial charge on any atom is -0.343 e. The fourth-order valence-corrected chi connectivity index (χ4v) is 3.83. The van der Waals surface area contributed by atoms with E-state index in [9.17, 15) is 19.2 Å². The summed E-state index contributed by atoms with van der Waals surface area (Å²) in [6, 6.07) is 4.81. The van der Waals surface area contributed by atoms with Gasteiger partial charge in [-0.1, -0.05) is 6.92 Å². The van der Waals surface area contributed by atoms with Crippen LogP contribution in [-0.4, -0.2) is 53.4 Å². The molecule has 8 heteroatoms. The highest BCUT2D eigenvalue weighted by molar-refractivity contribution is 5.98. The van der Waals surface area contributed by atoms with Gasteiger partial charge in [-0.3, -0.25) is 24.2 Å². The van der Waals surface area contributed by atoms with Gasteiger partial charge in [-0.2, -0.15) is 5.26 Å². The third kappa shape index (κ3) is 4.35. The lowest BCUT2D eigenvalue weighted by Crippen LogP contribution is -2.42. The molecule has 1 aliphatic heterocycles. The highest BCUT2D eigenvalue weighted by Crippen LogP contribution is 2.32. The summed E-state index contributed by atoms with van der Waals surface area (Å²) in [5, 5.41) is 11.7. The van der Waals surface area contributed by atoms with Gasteiger partial charge in [0.2, 0.25) is 5.91 Å². The van der Waals surface area contributed by atoms with Gasteiger partial charge in [-0.15, -0.1) is 0 Å². The van der Waals surface area contributed by atoms with Crippen LogP contribution in [0.25, 0.3) is 5.57 Å². The van der Waals surface area contributed by atoms with Crippen molar-refractivity contribution in [2.24, 2.45) is 5.92 Å². The van der Waals surface area contributed by atoms with Crippen molar-refractivity contribution in [1.82, 2.24) is 15.2 Å². The maximum atomic E-state index is 12.5. The lowest BCUT2D eigenvalue weighted by molar-refractivity contribution is -0.130. The molecule has 2 aliphatic rings. The molecule has 1 aromatic rings. The van der Waals surface area contributed by atoms with Crippen molar-refractivity contribution in [2.45, 2.75) is 32.2 Å². The summed E-state index contributed by atoms with van der Waals surface area (Å²) in [4.78, 5) is 53.2. The van der Waals surface area contributed by atoms with Crippen LogP contribution in [0.2, 0.25) is 0 Å². The number of allylic oxidation sites excluding steroid dienone is 4. The summed E-state index contributed by atoms with van der Waals surface area (Å²) in [6.07, 6.45) is 6.42. The van der Waals surface area contributed by atoms with Gasteiger partial charge in [-0.05, 0) is 49.0 Å². The largest absolute Gasteiger partial charge is 0.343 e. The Bertz CT molecular complexity index is 989. The van der Waals surface area contributed by atoms with Gasteiger partial charge in [0.15, 0.2) is 0 Å². The van der Waals surface area contributed by atoms with Crippen LogP contribution in [0, 0.1) is 17.2 Å². The Morgan fingerprint density at radius 3 is 2.87 bits per heavy atom. The van der Waals surface area contributed by atoms with E-state index in [1.54, 1.807) is 12.1 Å². The lowest BCUT2D eigenvalue weighted by atomic mass is 9.84. The summed E-state index contributed by atoms with van der Waals surface area (Å²) in [5.74, 6) is -0.843. The van der Waals surface area contributed by atoms with Gasteiger partial charge in [0.1, 0.15) is 18.6 Å². The molecule has 0 bridgehead atoms. The maximum Gasteiger partial charge on any atom is 0.251 e. The number of hydrogen-bond donors (Lipinski definition) is 1. The quantitative estimate of drug-likeness (QED) is 0.714. The minimum atomic E-state index is -0.432. The Hall–Kier alpha value is -3.60. The van der Waals surface area contributed by atoms with Gasteiger partial charge < -0.3 is 10.2 Å². The van der Waals surface area contributed by atoms with E-state index in [0.29, 0.717) is 54.4 Å². The number of nitrogens with zero attached hydrogens (tertiary/aromatic N) is 3. The first-order valence-electron chi connectivity index (χ1n) is 9.77. The fraction of sp³-hybridized carbons (Fsp3) is 0.364. The van der Waals surface area contributed by atoms with Crippen LogP contribution in [-0.2, 0) is 14.4 Å². The molecule has 1 N–H and O–H groups in total. The Labute approximate surface area is 174 Å². The Balaban J connectivity index is 1.72. The van der Waals surface area contributed by atoms with Crippen LogP contribution < -0.4 is 5.32 Å². The van der Waals surface area contributed by atoms with Crippen molar-refractivity contribution < 1.29 is 19.2 Å². The molecule has 2 amide bonds. The van der Waals surface area contributed by atoms with E-state index in [1.165, 1.54) is 17.2 Å². The van der Waals surface area contributed by atoms with Crippen molar-refractivity contribution in [3.63, 3.8) is 0 Å². The molecule has 1 fully saturated rings. The van der Waals surface area contributed by atoms with E-state index in [-0.39, 0.29) is 18.4 Å². The molecular formula is C22H22N4O4. The van der Waals surface area contributed by atoms with E-state index in [2.05, 4.69) is 16.4 Å². The number of carbonyl (C=O) groups excluding carboxylic acids is 4. The number of nitriles is 1. The zero-order chi connectivity index (χ0) is 21.7. The van der Waals surface area contributed by atoms with Crippen molar-refractivity contribution in [3.8, 4) is 6.07 Å². The van der Waals surface area contributed by atoms with Crippen LogP contribution in [0.15, 0.2) is 35.6 Å². The van der Waals surface area contributed by atoms with Gasteiger partial charge in [-0.25, -0.2) is 0 Å². The van der Waals surface area contributed by atoms with Crippen LogP contribution in [0.1, 0.15) is 42.2 Å². The third-order valence-electron chi connectivity index (χ3n) is 5.45. The second-order valence-electron chi connectivity index (χ2n) is 7.41. The van der Waals surface area contributed by atoms with Gasteiger partial charge in [0.05, 0.1) is 18.3 Å². The molecule has 0 aromatic carbocycles. The van der Waals surface area contributed by atoms with E-state index in [1.807, 2.05) is 6.92 Å². The monoisotopic (exact) mass is 406 g/mol. The van der Waals surface area contributed by atoms with Crippen molar-refractivity contribution in [3.05, 3.63) is 46.8 Å². The minimum absolute atomic E-state index is 0.131. The Morgan fingerprint density at radius 1 is 1.37 bits per heavy atom. The zero-order valence-corrected chi connectivity index (χ0v) is 16.6. The Kier molecular flexibility index (Phi) is 6.52. The number of aldehydes is 2. The average molecular weight is 406 g/mol. The van der Waals surface area contributed by atoms with Gasteiger partial charge >= 0.3 is 0 Å². The van der Waals surface area contributed by atoms with Crippen LogP contribution in [0.5, 0.6) is 0 Å². The second-order valence-corrected chi connectivity index (χ2v) is 7.41. The summed E-state index contributed by atoms with van der Waals surface area (Å²) in [7, 11) is 0. The van der Waals surface area contributed by atoms with Crippen LogP contribution in [0.3, 0.4) is 0 Å². The summed E-state index contributed by atoms with van der Waals surface area (Å²) >= 11 is 0. The highest BCUT2D eigenvalue weighted by Gasteiger charge is 2.28. The highest BCUT2D eigenvalue weighted by atomic mass is 16.2. The van der Waals surface area contributed by atoms with Gasteiger partial charge in [0, 0.05) is 29.5 Å². The summed E-state index contributed by atoms with van der Waals surface area (Å²) < 4.78 is 0. The summed E-state index contributed by atoms with van der Waals surface area (Å²) in [6.45, 7) is 2.19. The zero-order valence-electron chi connectivity index (χ0n) is 16.6. The molecule has 0 saturated carbocycles. The first-order chi connectivity index (χ1) is 14.5. The number of pyridine rings is 1. The van der Waals surface area contributed by atoms with Gasteiger partial charge in [0.25, 0.3) is 5.91 Å². The molecule has 1 aromatic heterocycles. The predicted molar refractivity (Wildman–Crippen MR) is 108 cm³/mol. The smallest absolute Gasteiger partial charge is 0.251 e. The number of amides is 2. The van der Waals surface area contributed by atoms with Crippen LogP contribution in [0.4, 0.5) is 0 Å². The number of aromatic nitrogens is 1. The topological polar surface area (TPSA) is 120 Å². The predicted octanol–water partition coefficient (Wildman–Crippen LogP) is 1.44. The van der Waals surface area contributed by atoms with Crippen molar-refractivity contribution in [1.29, 1.82) is 5.26 Å². The van der Waals surface area contributed by atoms with E-state index in [4.69, 9.17) is 5.26 Å². The molecule has 3 rings (SSSR count). The van der Waals surface area contributed by atoms with E-state index >= 15 is 0 Å². The maximum absolute atomic E-state index is 12.5. The van der Waals surface area contributed by atoms with Crippen molar-refractivity contribution >= 4 is 30.0 Å². The number of hydrogen-bond acceptors (Lipinski definition) is 6. The standard InChI is InChI=1S/C22H22N4O4/c1-14-7-16(8-17(12-27)19(14)13-28)20-9-15(4-5-24-20)22(30)25-11-21(29)26-6-2-3-18(26)10-23/h4-5,8-9,12-14,18H,2-3,6-7,11H2,1H3,(H,25,30)/t14?,18-/m0/s1. The third-order valence-corrected chi connectivity index (χ3v) is 5.45. The number of carbonyl (C=O) groups is 4. The van der Waals surface area contributed by atoms with E-state index in [0.717, 1.165) is 12.0 Å². The fourth-order valence-electron chi connectivity index (χ4n) is 3.83. The molecule has 8 nitrogen and oxygen atoms in total. The summed E-state index contributed by atoms with van der Waals surface area (Å²) in [5.41, 5.74) is 2.40. The number of likely N-dealkylation sites (tertiary alicyclic amines) is 1. The van der Waals surface area contributed by atoms with E-state index < -0.39 is 11.9 Å². The normalized spacial score (nSPS) is 20.9. The molecule has 154 valence electrons. The molecule has 1 saturated heterocycles. The molecule has 0 spiro atoms. The molecular weight excluding hydrogens is 384 g/mol. The molecule has 2 heterocycles. The first kappa shape index (κ1) is 21.1. The molecule has 1 aliphatic carbocycles. The Morgan fingerprint density at radius 2 is 2.17 bits per heavy atom. The number of rotatable bonds is 6. The average Bonchev–Trinajstić information content (AvgIpc) is 3.25. The lowest BCUT2D eigenvalue weighted by Gasteiger charge is -2.21. The SMILES string of the molecule is CC1CC(c2cc(C(=O)NCC(=O)N3CCC[C@H]3C#N)ccn2)=CC(C=O)=C1C=O. The molecule has 1 unspecified atom stereocenters. The molecule has 0 radical (unpaired) electrons. The second kappa shape index (κ2) is 9.27. The molecule has 2 atom stereocenters.